The Hall–Kier alpha value is -0.800. The molecule has 1 atom stereocenters. The molecule has 1 aliphatic heterocycles. The van der Waals surface area contributed by atoms with Gasteiger partial charge in [-0.05, 0) is 37.6 Å². The van der Waals surface area contributed by atoms with E-state index in [9.17, 15) is 0 Å². The van der Waals surface area contributed by atoms with E-state index in [1.54, 1.807) is 0 Å². The molecule has 1 saturated heterocycles. The summed E-state index contributed by atoms with van der Waals surface area (Å²) in [5.74, 6) is 0. The molecule has 14 heavy (non-hydrogen) atoms. The van der Waals surface area contributed by atoms with E-state index in [4.69, 9.17) is 5.73 Å². The summed E-state index contributed by atoms with van der Waals surface area (Å²) >= 11 is 0. The highest BCUT2D eigenvalue weighted by Gasteiger charge is 2.16. The molecule has 2 heterocycles. The topological polar surface area (TPSA) is 34.2 Å². The monoisotopic (exact) mass is 193 g/mol. The van der Waals surface area contributed by atoms with Crippen molar-refractivity contribution in [2.75, 3.05) is 19.6 Å². The van der Waals surface area contributed by atoms with Gasteiger partial charge in [-0.1, -0.05) is 0 Å². The maximum atomic E-state index is 6.13. The Bertz CT molecular complexity index is 286. The second-order valence-electron chi connectivity index (χ2n) is 4.22. The average Bonchev–Trinajstić information content (AvgIpc) is 2.75. The van der Waals surface area contributed by atoms with E-state index in [1.807, 2.05) is 7.05 Å². The second kappa shape index (κ2) is 4.15. The Morgan fingerprint density at radius 3 is 2.71 bits per heavy atom. The molecule has 0 radical (unpaired) electrons. The molecule has 1 fully saturated rings. The third-order valence-corrected chi connectivity index (χ3v) is 2.94. The average molecular weight is 193 g/mol. The lowest BCUT2D eigenvalue weighted by molar-refractivity contribution is 0.316. The van der Waals surface area contributed by atoms with Crippen LogP contribution in [-0.4, -0.2) is 29.1 Å². The summed E-state index contributed by atoms with van der Waals surface area (Å²) in [6.45, 7) is 3.45. The van der Waals surface area contributed by atoms with Crippen LogP contribution in [0, 0.1) is 0 Å². The van der Waals surface area contributed by atoms with Crippen molar-refractivity contribution in [2.45, 2.75) is 18.9 Å². The van der Waals surface area contributed by atoms with Crippen molar-refractivity contribution in [2.24, 2.45) is 12.8 Å². The Balaban J connectivity index is 1.91. The summed E-state index contributed by atoms with van der Waals surface area (Å²) in [5, 5.41) is 0. The molecule has 3 nitrogen and oxygen atoms in total. The Morgan fingerprint density at radius 1 is 1.43 bits per heavy atom. The Morgan fingerprint density at radius 2 is 2.14 bits per heavy atom. The third kappa shape index (κ3) is 2.16. The fraction of sp³-hybridized carbons (Fsp3) is 0.636. The molecule has 1 aromatic rings. The molecule has 0 bridgehead atoms. The summed E-state index contributed by atoms with van der Waals surface area (Å²) in [4.78, 5) is 2.46. The minimum Gasteiger partial charge on any atom is -0.357 e. The zero-order valence-electron chi connectivity index (χ0n) is 8.82. The van der Waals surface area contributed by atoms with Gasteiger partial charge in [-0.3, -0.25) is 0 Å². The zero-order valence-corrected chi connectivity index (χ0v) is 8.82. The first-order valence-electron chi connectivity index (χ1n) is 5.35. The van der Waals surface area contributed by atoms with Crippen molar-refractivity contribution >= 4 is 0 Å². The summed E-state index contributed by atoms with van der Waals surface area (Å²) in [5.41, 5.74) is 7.38. The van der Waals surface area contributed by atoms with Crippen LogP contribution in [0.3, 0.4) is 0 Å². The molecule has 2 N–H and O–H groups in total. The summed E-state index contributed by atoms with van der Waals surface area (Å²) in [6, 6.07) is 2.29. The van der Waals surface area contributed by atoms with Crippen molar-refractivity contribution in [3.05, 3.63) is 24.0 Å². The Kier molecular flexibility index (Phi) is 2.89. The highest BCUT2D eigenvalue weighted by Crippen LogP contribution is 2.15. The van der Waals surface area contributed by atoms with Crippen LogP contribution in [-0.2, 0) is 7.05 Å². The van der Waals surface area contributed by atoms with E-state index >= 15 is 0 Å². The van der Waals surface area contributed by atoms with Crippen LogP contribution in [0.15, 0.2) is 18.5 Å². The highest BCUT2D eigenvalue weighted by atomic mass is 15.1. The molecule has 0 aromatic carbocycles. The van der Waals surface area contributed by atoms with Crippen LogP contribution >= 0.6 is 0 Å². The highest BCUT2D eigenvalue weighted by molar-refractivity contribution is 5.15. The van der Waals surface area contributed by atoms with Gasteiger partial charge in [0, 0.05) is 32.0 Å². The van der Waals surface area contributed by atoms with E-state index in [0.29, 0.717) is 0 Å². The van der Waals surface area contributed by atoms with Crippen LogP contribution in [0.4, 0.5) is 0 Å². The van der Waals surface area contributed by atoms with Gasteiger partial charge in [0.05, 0.1) is 0 Å². The van der Waals surface area contributed by atoms with Gasteiger partial charge in [-0.25, -0.2) is 0 Å². The van der Waals surface area contributed by atoms with Crippen molar-refractivity contribution in [1.82, 2.24) is 9.47 Å². The number of likely N-dealkylation sites (tertiary alicyclic amines) is 1. The predicted octanol–water partition coefficient (Wildman–Crippen LogP) is 1.12. The maximum Gasteiger partial charge on any atom is 0.0439 e. The SMILES string of the molecule is Cn1ccc(C(N)CN2CCCC2)c1. The van der Waals surface area contributed by atoms with E-state index in [2.05, 4.69) is 27.9 Å². The van der Waals surface area contributed by atoms with Crippen LogP contribution in [0.2, 0.25) is 0 Å². The van der Waals surface area contributed by atoms with Crippen LogP contribution in [0.5, 0.6) is 0 Å². The van der Waals surface area contributed by atoms with E-state index in [-0.39, 0.29) is 6.04 Å². The van der Waals surface area contributed by atoms with Gasteiger partial charge in [0.15, 0.2) is 0 Å². The van der Waals surface area contributed by atoms with Gasteiger partial charge in [-0.15, -0.1) is 0 Å². The van der Waals surface area contributed by atoms with Crippen molar-refractivity contribution < 1.29 is 0 Å². The van der Waals surface area contributed by atoms with Gasteiger partial charge in [0.2, 0.25) is 0 Å². The molecule has 0 aliphatic carbocycles. The first kappa shape index (κ1) is 9.74. The molecule has 0 saturated carbocycles. The molecular weight excluding hydrogens is 174 g/mol. The Labute approximate surface area is 85.5 Å². The molecule has 0 spiro atoms. The largest absolute Gasteiger partial charge is 0.357 e. The van der Waals surface area contributed by atoms with E-state index in [0.717, 1.165) is 6.54 Å². The van der Waals surface area contributed by atoms with Crippen molar-refractivity contribution in [3.8, 4) is 0 Å². The van der Waals surface area contributed by atoms with Crippen molar-refractivity contribution in [3.63, 3.8) is 0 Å². The minimum atomic E-state index is 0.175. The molecule has 2 rings (SSSR count). The van der Waals surface area contributed by atoms with Crippen LogP contribution in [0.1, 0.15) is 24.4 Å². The second-order valence-corrected chi connectivity index (χ2v) is 4.22. The number of hydrogen-bond acceptors (Lipinski definition) is 2. The first-order chi connectivity index (χ1) is 6.75. The summed E-state index contributed by atoms with van der Waals surface area (Å²) in [7, 11) is 2.03. The molecule has 78 valence electrons. The number of nitrogens with zero attached hydrogens (tertiary/aromatic N) is 2. The summed E-state index contributed by atoms with van der Waals surface area (Å²) in [6.07, 6.45) is 6.84. The van der Waals surface area contributed by atoms with Gasteiger partial charge in [0.25, 0.3) is 0 Å². The molecule has 1 aliphatic rings. The van der Waals surface area contributed by atoms with Crippen LogP contribution < -0.4 is 5.73 Å². The quantitative estimate of drug-likeness (QED) is 0.780. The zero-order chi connectivity index (χ0) is 9.97. The number of nitrogens with two attached hydrogens (primary N) is 1. The van der Waals surface area contributed by atoms with Gasteiger partial charge >= 0.3 is 0 Å². The molecule has 3 heteroatoms. The molecule has 0 amide bonds. The van der Waals surface area contributed by atoms with E-state index < -0.39 is 0 Å². The fourth-order valence-electron chi connectivity index (χ4n) is 2.09. The lowest BCUT2D eigenvalue weighted by Gasteiger charge is -2.19. The smallest absolute Gasteiger partial charge is 0.0439 e. The number of rotatable bonds is 3. The fourth-order valence-corrected chi connectivity index (χ4v) is 2.09. The first-order valence-corrected chi connectivity index (χ1v) is 5.35. The third-order valence-electron chi connectivity index (χ3n) is 2.94. The summed E-state index contributed by atoms with van der Waals surface area (Å²) < 4.78 is 2.05. The molecule has 1 unspecified atom stereocenters. The number of aromatic nitrogens is 1. The molecular formula is C11H19N3. The molecule has 1 aromatic heterocycles. The van der Waals surface area contributed by atoms with Crippen LogP contribution in [0.25, 0.3) is 0 Å². The minimum absolute atomic E-state index is 0.175. The number of aryl methyl sites for hydroxylation is 1. The standard InChI is InChI=1S/C11H19N3/c1-13-7-4-10(8-13)11(12)9-14-5-2-3-6-14/h4,7-8,11H,2-3,5-6,9,12H2,1H3. The normalized spacial score (nSPS) is 20.1. The predicted molar refractivity (Wildman–Crippen MR) is 58.0 cm³/mol. The van der Waals surface area contributed by atoms with Gasteiger partial charge < -0.3 is 15.2 Å². The lowest BCUT2D eigenvalue weighted by Crippen LogP contribution is -2.29. The maximum absolute atomic E-state index is 6.13. The van der Waals surface area contributed by atoms with E-state index in [1.165, 1.54) is 31.5 Å². The van der Waals surface area contributed by atoms with Gasteiger partial charge in [-0.2, -0.15) is 0 Å². The number of hydrogen-bond donors (Lipinski definition) is 1. The van der Waals surface area contributed by atoms with Crippen molar-refractivity contribution in [1.29, 1.82) is 0 Å². The van der Waals surface area contributed by atoms with Gasteiger partial charge in [0.1, 0.15) is 0 Å². The lowest BCUT2D eigenvalue weighted by atomic mass is 10.1.